The first-order valence-electron chi connectivity index (χ1n) is 5.20. The van der Waals surface area contributed by atoms with E-state index in [0.29, 0.717) is 0 Å². The largest absolute Gasteiger partial charge is 0.305 e. The van der Waals surface area contributed by atoms with Gasteiger partial charge in [0.2, 0.25) is 0 Å². The molecule has 0 unspecified atom stereocenters. The molecule has 0 radical (unpaired) electrons. The topological polar surface area (TPSA) is 42.7 Å². The highest BCUT2D eigenvalue weighted by atomic mass is 15.3. The molecule has 0 aromatic carbocycles. The molecule has 80 valence electrons. The van der Waals surface area contributed by atoms with Gasteiger partial charge in [0.25, 0.3) is 0 Å². The van der Waals surface area contributed by atoms with Crippen molar-refractivity contribution < 1.29 is 0 Å². The number of nitrogens with one attached hydrogen (secondary N) is 1. The molecule has 1 aromatic rings. The molecule has 0 aliphatic rings. The van der Waals surface area contributed by atoms with Crippen molar-refractivity contribution in [2.24, 2.45) is 0 Å². The fraction of sp³-hybridized carbons (Fsp3) is 0.800. The summed E-state index contributed by atoms with van der Waals surface area (Å²) in [5.74, 6) is 1.01. The van der Waals surface area contributed by atoms with E-state index >= 15 is 0 Å². The van der Waals surface area contributed by atoms with E-state index < -0.39 is 0 Å². The predicted octanol–water partition coefficient (Wildman–Crippen LogP) is 1.58. The lowest BCUT2D eigenvalue weighted by molar-refractivity contribution is 0.364. The van der Waals surface area contributed by atoms with E-state index in [9.17, 15) is 0 Å². The minimum atomic E-state index is 0.171. The third-order valence-electron chi connectivity index (χ3n) is 2.60. The molecule has 14 heavy (non-hydrogen) atoms. The lowest BCUT2D eigenvalue weighted by Gasteiger charge is -2.24. The van der Waals surface area contributed by atoms with Gasteiger partial charge in [-0.05, 0) is 27.2 Å². The smallest absolute Gasteiger partial charge is 0.140 e. The molecule has 0 fully saturated rings. The fourth-order valence-corrected chi connectivity index (χ4v) is 1.13. The number of nitrogens with zero attached hydrogens (tertiary/aromatic N) is 3. The summed E-state index contributed by atoms with van der Waals surface area (Å²) in [4.78, 5) is 4.21. The molecule has 1 rings (SSSR count). The molecule has 0 atom stereocenters. The Morgan fingerprint density at radius 3 is 2.71 bits per heavy atom. The van der Waals surface area contributed by atoms with E-state index in [2.05, 4.69) is 43.1 Å². The van der Waals surface area contributed by atoms with Crippen molar-refractivity contribution in [3.63, 3.8) is 0 Å². The van der Waals surface area contributed by atoms with Gasteiger partial charge in [0.1, 0.15) is 12.2 Å². The molecule has 0 aliphatic heterocycles. The Morgan fingerprint density at radius 1 is 1.43 bits per heavy atom. The second kappa shape index (κ2) is 4.55. The summed E-state index contributed by atoms with van der Waals surface area (Å²) in [6.07, 6.45) is 2.72. The molecular formula is C10H20N4. The maximum absolute atomic E-state index is 4.21. The first-order valence-corrected chi connectivity index (χ1v) is 5.20. The van der Waals surface area contributed by atoms with Gasteiger partial charge in [-0.1, -0.05) is 6.92 Å². The third-order valence-corrected chi connectivity index (χ3v) is 2.60. The van der Waals surface area contributed by atoms with Gasteiger partial charge >= 0.3 is 0 Å². The normalized spacial score (nSPS) is 12.0. The maximum atomic E-state index is 4.21. The van der Waals surface area contributed by atoms with Gasteiger partial charge in [0, 0.05) is 12.1 Å². The zero-order valence-electron chi connectivity index (χ0n) is 9.54. The van der Waals surface area contributed by atoms with Crippen LogP contribution in [0, 0.1) is 0 Å². The molecule has 0 spiro atoms. The van der Waals surface area contributed by atoms with Gasteiger partial charge in [-0.2, -0.15) is 5.10 Å². The van der Waals surface area contributed by atoms with Gasteiger partial charge in [0.15, 0.2) is 0 Å². The van der Waals surface area contributed by atoms with Crippen molar-refractivity contribution in [2.45, 2.75) is 52.7 Å². The quantitative estimate of drug-likeness (QED) is 0.777. The van der Waals surface area contributed by atoms with Crippen molar-refractivity contribution >= 4 is 0 Å². The zero-order valence-corrected chi connectivity index (χ0v) is 9.54. The van der Waals surface area contributed by atoms with Crippen molar-refractivity contribution in [2.75, 3.05) is 0 Å². The number of hydrogen-bond acceptors (Lipinski definition) is 3. The highest BCUT2D eigenvalue weighted by Gasteiger charge is 2.14. The van der Waals surface area contributed by atoms with Crippen LogP contribution >= 0.6 is 0 Å². The molecule has 4 heteroatoms. The van der Waals surface area contributed by atoms with E-state index in [4.69, 9.17) is 0 Å². The van der Waals surface area contributed by atoms with Crippen LogP contribution in [0.4, 0.5) is 0 Å². The molecule has 1 aromatic heterocycles. The van der Waals surface area contributed by atoms with E-state index in [0.717, 1.165) is 25.3 Å². The summed E-state index contributed by atoms with van der Waals surface area (Å²) in [6, 6.07) is 0. The van der Waals surface area contributed by atoms with Crippen LogP contribution in [0.1, 0.15) is 39.9 Å². The Hall–Kier alpha value is -0.900. The maximum Gasteiger partial charge on any atom is 0.140 e. The summed E-state index contributed by atoms with van der Waals surface area (Å²) < 4.78 is 1.92. The second-order valence-corrected chi connectivity index (χ2v) is 4.08. The van der Waals surface area contributed by atoms with Gasteiger partial charge in [0.05, 0.1) is 6.54 Å². The Labute approximate surface area is 85.7 Å². The van der Waals surface area contributed by atoms with Crippen LogP contribution in [0.25, 0.3) is 0 Å². The number of aryl methyl sites for hydroxylation is 1. The SMILES string of the molecule is CCn1ncnc1CNC(C)(C)CC. The first-order chi connectivity index (χ1) is 6.59. The summed E-state index contributed by atoms with van der Waals surface area (Å²) in [7, 11) is 0. The van der Waals surface area contributed by atoms with Crippen LogP contribution in [-0.4, -0.2) is 20.3 Å². The monoisotopic (exact) mass is 196 g/mol. The fourth-order valence-electron chi connectivity index (χ4n) is 1.13. The van der Waals surface area contributed by atoms with Crippen LogP contribution in [0.5, 0.6) is 0 Å². The first kappa shape index (κ1) is 11.2. The van der Waals surface area contributed by atoms with Crippen molar-refractivity contribution in [1.82, 2.24) is 20.1 Å². The van der Waals surface area contributed by atoms with Gasteiger partial charge in [-0.15, -0.1) is 0 Å². The van der Waals surface area contributed by atoms with E-state index in [1.54, 1.807) is 6.33 Å². The van der Waals surface area contributed by atoms with E-state index in [-0.39, 0.29) is 5.54 Å². The number of aromatic nitrogens is 3. The molecule has 0 saturated carbocycles. The van der Waals surface area contributed by atoms with Gasteiger partial charge < -0.3 is 5.32 Å². The minimum absolute atomic E-state index is 0.171. The van der Waals surface area contributed by atoms with Gasteiger partial charge in [-0.25, -0.2) is 9.67 Å². The van der Waals surface area contributed by atoms with Gasteiger partial charge in [-0.3, -0.25) is 0 Å². The molecule has 0 aliphatic carbocycles. The Morgan fingerprint density at radius 2 is 2.14 bits per heavy atom. The Kier molecular flexibility index (Phi) is 3.63. The van der Waals surface area contributed by atoms with Crippen LogP contribution in [0.3, 0.4) is 0 Å². The Balaban J connectivity index is 2.53. The highest BCUT2D eigenvalue weighted by Crippen LogP contribution is 2.07. The van der Waals surface area contributed by atoms with Crippen molar-refractivity contribution in [3.05, 3.63) is 12.2 Å². The van der Waals surface area contributed by atoms with Crippen LogP contribution < -0.4 is 5.32 Å². The summed E-state index contributed by atoms with van der Waals surface area (Å²) in [6.45, 7) is 10.3. The van der Waals surface area contributed by atoms with Crippen LogP contribution in [0.2, 0.25) is 0 Å². The average molecular weight is 196 g/mol. The van der Waals surface area contributed by atoms with E-state index in [1.807, 2.05) is 4.68 Å². The third kappa shape index (κ3) is 2.80. The summed E-state index contributed by atoms with van der Waals surface area (Å²) in [5.41, 5.74) is 0.171. The lowest BCUT2D eigenvalue weighted by Crippen LogP contribution is -2.38. The molecular weight excluding hydrogens is 176 g/mol. The number of hydrogen-bond donors (Lipinski definition) is 1. The molecule has 1 heterocycles. The molecule has 0 saturated heterocycles. The number of rotatable bonds is 5. The van der Waals surface area contributed by atoms with Crippen molar-refractivity contribution in [1.29, 1.82) is 0 Å². The molecule has 4 nitrogen and oxygen atoms in total. The van der Waals surface area contributed by atoms with Crippen molar-refractivity contribution in [3.8, 4) is 0 Å². The molecule has 1 N–H and O–H groups in total. The van der Waals surface area contributed by atoms with Crippen LogP contribution in [-0.2, 0) is 13.1 Å². The lowest BCUT2D eigenvalue weighted by atomic mass is 10.0. The average Bonchev–Trinajstić information content (AvgIpc) is 2.62. The predicted molar refractivity (Wildman–Crippen MR) is 56.9 cm³/mol. The van der Waals surface area contributed by atoms with E-state index in [1.165, 1.54) is 0 Å². The Bertz CT molecular complexity index is 277. The molecule has 0 bridgehead atoms. The molecule has 0 amide bonds. The minimum Gasteiger partial charge on any atom is -0.305 e. The summed E-state index contributed by atoms with van der Waals surface area (Å²) >= 11 is 0. The second-order valence-electron chi connectivity index (χ2n) is 4.08. The standard InChI is InChI=1S/C10H20N4/c1-5-10(3,4)12-7-9-11-8-13-14(9)6-2/h8,12H,5-7H2,1-4H3. The zero-order chi connectivity index (χ0) is 10.6. The van der Waals surface area contributed by atoms with Crippen LogP contribution in [0.15, 0.2) is 6.33 Å². The summed E-state index contributed by atoms with van der Waals surface area (Å²) in [5, 5.41) is 7.59. The highest BCUT2D eigenvalue weighted by molar-refractivity contribution is 4.86.